The van der Waals surface area contributed by atoms with Gasteiger partial charge in [0.1, 0.15) is 12.6 Å². The molecule has 8 heteroatoms. The lowest BCUT2D eigenvalue weighted by atomic mass is 10.1. The largest absolute Gasteiger partial charge is 0.544 e. The van der Waals surface area contributed by atoms with Crippen LogP contribution in [0.4, 0.5) is 0 Å². The van der Waals surface area contributed by atoms with Gasteiger partial charge in [-0.25, -0.2) is 0 Å². The van der Waals surface area contributed by atoms with Gasteiger partial charge in [-0.05, 0) is 25.7 Å². The fourth-order valence-electron chi connectivity index (χ4n) is 4.01. The molecule has 0 N–H and O–H groups in total. The summed E-state index contributed by atoms with van der Waals surface area (Å²) in [7, 11) is 5.35. The monoisotopic (exact) mass is 553 g/mol. The number of hydrogen-bond donors (Lipinski definition) is 0. The molecule has 0 radical (unpaired) electrons. The van der Waals surface area contributed by atoms with Crippen LogP contribution in [0, 0.1) is 0 Å². The van der Waals surface area contributed by atoms with Crippen molar-refractivity contribution in [1.82, 2.24) is 0 Å². The van der Waals surface area contributed by atoms with E-state index in [0.717, 1.165) is 32.1 Å². The molecule has 0 heterocycles. The molecule has 0 fully saturated rings. The fourth-order valence-corrected chi connectivity index (χ4v) is 4.01. The van der Waals surface area contributed by atoms with Crippen LogP contribution in [0.5, 0.6) is 0 Å². The number of carbonyl (C=O) groups excluding carboxylic acids is 3. The van der Waals surface area contributed by atoms with Crippen molar-refractivity contribution in [1.29, 1.82) is 0 Å². The molecular weight excluding hydrogens is 498 g/mol. The summed E-state index contributed by atoms with van der Waals surface area (Å²) < 4.78 is 16.8. The Morgan fingerprint density at radius 3 is 2.05 bits per heavy atom. The van der Waals surface area contributed by atoms with E-state index >= 15 is 0 Å². The first-order valence-corrected chi connectivity index (χ1v) is 14.9. The van der Waals surface area contributed by atoms with Crippen LogP contribution in [0.2, 0.25) is 0 Å². The van der Waals surface area contributed by atoms with Crippen molar-refractivity contribution >= 4 is 17.9 Å². The highest BCUT2D eigenvalue weighted by Gasteiger charge is 2.25. The molecule has 0 aliphatic heterocycles. The standard InChI is InChI=1S/C31H55NO7/c1-6-8-10-12-14-16-18-20-22-30(34)39-27(25-37-24-23-28(31(35)36)32(3,4)5)26-38-29(33)21-19-17-15-13-11-9-7-2/h9,11,15,17,27-28H,6-8,10,12-14,16,18-26H2,1-5H3/b11-9+,17-15+. The first kappa shape index (κ1) is 36.8. The van der Waals surface area contributed by atoms with Crippen LogP contribution in [0.1, 0.15) is 104 Å². The second kappa shape index (κ2) is 23.7. The topological polar surface area (TPSA) is 102 Å². The molecule has 39 heavy (non-hydrogen) atoms. The molecule has 0 amide bonds. The SMILES string of the molecule is CC/C=C/C/C=C/CCC(=O)OCC(COCCC(C(=O)[O-])[N+](C)(C)C)OC(=O)CCCCCCCCCC. The highest BCUT2D eigenvalue weighted by molar-refractivity contribution is 5.70. The van der Waals surface area contributed by atoms with Crippen molar-refractivity contribution in [2.45, 2.75) is 116 Å². The number of esters is 2. The van der Waals surface area contributed by atoms with E-state index in [4.69, 9.17) is 14.2 Å². The van der Waals surface area contributed by atoms with Crippen LogP contribution in [0.25, 0.3) is 0 Å². The number of unbranched alkanes of at least 4 members (excludes halogenated alkanes) is 7. The maximum atomic E-state index is 12.4. The lowest BCUT2D eigenvalue weighted by Gasteiger charge is -2.34. The normalized spacial score (nSPS) is 13.6. The number of aliphatic carboxylic acids is 1. The van der Waals surface area contributed by atoms with Gasteiger partial charge in [0.25, 0.3) is 0 Å². The quantitative estimate of drug-likeness (QED) is 0.0686. The Kier molecular flexibility index (Phi) is 22.3. The molecule has 0 aromatic rings. The molecule has 8 nitrogen and oxygen atoms in total. The second-order valence-electron chi connectivity index (χ2n) is 11.0. The van der Waals surface area contributed by atoms with Gasteiger partial charge in [-0.1, -0.05) is 83.1 Å². The average molecular weight is 554 g/mol. The van der Waals surface area contributed by atoms with Gasteiger partial charge in [-0.3, -0.25) is 9.59 Å². The highest BCUT2D eigenvalue weighted by Crippen LogP contribution is 2.12. The van der Waals surface area contributed by atoms with E-state index in [1.165, 1.54) is 32.1 Å². The maximum absolute atomic E-state index is 12.4. The third-order valence-corrected chi connectivity index (χ3v) is 6.37. The van der Waals surface area contributed by atoms with Crippen molar-refractivity contribution in [3.05, 3.63) is 24.3 Å². The summed E-state index contributed by atoms with van der Waals surface area (Å²) in [5.74, 6) is -1.84. The molecule has 0 aromatic carbocycles. The van der Waals surface area contributed by atoms with Gasteiger partial charge in [0, 0.05) is 19.3 Å². The summed E-state index contributed by atoms with van der Waals surface area (Å²) >= 11 is 0. The number of rotatable bonds is 25. The van der Waals surface area contributed by atoms with Crippen molar-refractivity contribution in [2.75, 3.05) is 41.0 Å². The van der Waals surface area contributed by atoms with Crippen molar-refractivity contribution in [2.24, 2.45) is 0 Å². The first-order chi connectivity index (χ1) is 18.6. The Bertz CT molecular complexity index is 712. The number of quaternary nitrogens is 1. The third-order valence-electron chi connectivity index (χ3n) is 6.37. The smallest absolute Gasteiger partial charge is 0.306 e. The van der Waals surface area contributed by atoms with Gasteiger partial charge in [-0.2, -0.15) is 0 Å². The number of ether oxygens (including phenoxy) is 3. The van der Waals surface area contributed by atoms with Gasteiger partial charge < -0.3 is 28.6 Å². The predicted molar refractivity (Wildman–Crippen MR) is 153 cm³/mol. The van der Waals surface area contributed by atoms with Crippen LogP contribution in [0.3, 0.4) is 0 Å². The Morgan fingerprint density at radius 1 is 0.795 bits per heavy atom. The van der Waals surface area contributed by atoms with Crippen LogP contribution in [-0.4, -0.2) is 75.5 Å². The zero-order valence-corrected chi connectivity index (χ0v) is 25.3. The number of allylic oxidation sites excluding steroid dienone is 4. The minimum absolute atomic E-state index is 0.0248. The molecule has 0 saturated carbocycles. The Balaban J connectivity index is 4.61. The van der Waals surface area contributed by atoms with E-state index in [1.807, 2.05) is 12.2 Å². The van der Waals surface area contributed by atoms with Gasteiger partial charge in [0.05, 0.1) is 40.3 Å². The lowest BCUT2D eigenvalue weighted by molar-refractivity contribution is -0.889. The van der Waals surface area contributed by atoms with Crippen LogP contribution >= 0.6 is 0 Å². The van der Waals surface area contributed by atoms with E-state index in [-0.39, 0.29) is 49.1 Å². The number of hydrogen-bond acceptors (Lipinski definition) is 7. The molecule has 0 spiro atoms. The highest BCUT2D eigenvalue weighted by atomic mass is 16.6. The zero-order chi connectivity index (χ0) is 29.4. The molecule has 226 valence electrons. The molecule has 0 bridgehead atoms. The summed E-state index contributed by atoms with van der Waals surface area (Å²) in [4.78, 5) is 36.1. The van der Waals surface area contributed by atoms with Crippen molar-refractivity contribution in [3.63, 3.8) is 0 Å². The van der Waals surface area contributed by atoms with Crippen molar-refractivity contribution < 1.29 is 38.2 Å². The number of carboxylic acids is 1. The zero-order valence-electron chi connectivity index (χ0n) is 25.3. The van der Waals surface area contributed by atoms with Gasteiger partial charge in [-0.15, -0.1) is 0 Å². The van der Waals surface area contributed by atoms with E-state index < -0.39 is 18.1 Å². The minimum atomic E-state index is -1.14. The van der Waals surface area contributed by atoms with Crippen LogP contribution < -0.4 is 5.11 Å². The van der Waals surface area contributed by atoms with E-state index in [1.54, 1.807) is 21.1 Å². The Labute approximate surface area is 237 Å². The van der Waals surface area contributed by atoms with Crippen LogP contribution in [0.15, 0.2) is 24.3 Å². The second-order valence-corrected chi connectivity index (χ2v) is 11.0. The molecule has 0 rings (SSSR count). The number of carboxylic acid groups (broad SMARTS) is 1. The lowest BCUT2D eigenvalue weighted by Crippen LogP contribution is -2.55. The predicted octanol–water partition coefficient (Wildman–Crippen LogP) is 4.90. The summed E-state index contributed by atoms with van der Waals surface area (Å²) in [5, 5.41) is 11.5. The molecule has 2 unspecified atom stereocenters. The molecule has 0 aliphatic carbocycles. The van der Waals surface area contributed by atoms with Crippen molar-refractivity contribution in [3.8, 4) is 0 Å². The molecule has 0 saturated heterocycles. The van der Waals surface area contributed by atoms with Gasteiger partial charge in [0.15, 0.2) is 6.10 Å². The molecule has 0 aliphatic rings. The molecular formula is C31H55NO7. The summed E-state index contributed by atoms with van der Waals surface area (Å²) in [6, 6.07) is -0.726. The van der Waals surface area contributed by atoms with E-state index in [2.05, 4.69) is 26.0 Å². The van der Waals surface area contributed by atoms with Gasteiger partial charge >= 0.3 is 11.9 Å². The summed E-state index contributed by atoms with van der Waals surface area (Å²) in [6.07, 6.45) is 19.7. The van der Waals surface area contributed by atoms with E-state index in [9.17, 15) is 19.5 Å². The molecule has 2 atom stereocenters. The minimum Gasteiger partial charge on any atom is -0.544 e. The fraction of sp³-hybridized carbons (Fsp3) is 0.774. The first-order valence-electron chi connectivity index (χ1n) is 14.9. The number of likely N-dealkylation sites (N-methyl/N-ethyl adjacent to an activating group) is 1. The van der Waals surface area contributed by atoms with Crippen LogP contribution in [-0.2, 0) is 28.6 Å². The Morgan fingerprint density at radius 2 is 1.44 bits per heavy atom. The third kappa shape index (κ3) is 22.3. The Hall–Kier alpha value is -2.19. The van der Waals surface area contributed by atoms with E-state index in [0.29, 0.717) is 12.8 Å². The number of carbonyl (C=O) groups is 3. The summed E-state index contributed by atoms with van der Waals surface area (Å²) in [6.45, 7) is 4.37. The number of nitrogens with zero attached hydrogens (tertiary/aromatic N) is 1. The average Bonchev–Trinajstić information content (AvgIpc) is 2.86. The maximum Gasteiger partial charge on any atom is 0.306 e. The van der Waals surface area contributed by atoms with Gasteiger partial charge in [0.2, 0.25) is 0 Å². The summed E-state index contributed by atoms with van der Waals surface area (Å²) in [5.41, 5.74) is 0. The molecule has 0 aromatic heterocycles.